The van der Waals surface area contributed by atoms with Crippen molar-refractivity contribution in [2.24, 2.45) is 0 Å². The Morgan fingerprint density at radius 2 is 1.92 bits per heavy atom. The number of aldehydes is 1. The molecular formula is C20H24N2O3. The van der Waals surface area contributed by atoms with Crippen molar-refractivity contribution in [1.82, 2.24) is 0 Å². The minimum Gasteiger partial charge on any atom is -0.495 e. The van der Waals surface area contributed by atoms with E-state index in [4.69, 9.17) is 4.74 Å². The molecule has 25 heavy (non-hydrogen) atoms. The Labute approximate surface area is 148 Å². The zero-order chi connectivity index (χ0) is 18.4. The smallest absolute Gasteiger partial charge is 0.255 e. The number of rotatable bonds is 7. The molecule has 0 aliphatic carbocycles. The average Bonchev–Trinajstić information content (AvgIpc) is 2.63. The number of hydrogen-bond donors (Lipinski definition) is 1. The van der Waals surface area contributed by atoms with E-state index in [1.807, 2.05) is 39.0 Å². The average molecular weight is 340 g/mol. The lowest BCUT2D eigenvalue weighted by Crippen LogP contribution is -2.23. The van der Waals surface area contributed by atoms with Gasteiger partial charge in [-0.05, 0) is 45.0 Å². The van der Waals surface area contributed by atoms with E-state index in [0.717, 1.165) is 30.6 Å². The van der Waals surface area contributed by atoms with Crippen LogP contribution in [0.25, 0.3) is 0 Å². The highest BCUT2D eigenvalue weighted by Gasteiger charge is 2.16. The molecule has 0 aromatic heterocycles. The summed E-state index contributed by atoms with van der Waals surface area (Å²) in [4.78, 5) is 26.1. The lowest BCUT2D eigenvalue weighted by molar-refractivity contribution is 0.102. The predicted octanol–water partition coefficient (Wildman–Crippen LogP) is 3.91. The molecule has 0 unspecified atom stereocenters. The van der Waals surface area contributed by atoms with Crippen LogP contribution in [0.15, 0.2) is 36.4 Å². The highest BCUT2D eigenvalue weighted by molar-refractivity contribution is 6.07. The Morgan fingerprint density at radius 1 is 1.20 bits per heavy atom. The normalized spacial score (nSPS) is 10.2. The maximum absolute atomic E-state index is 12.5. The molecule has 2 rings (SSSR count). The fourth-order valence-corrected chi connectivity index (χ4v) is 2.75. The Kier molecular flexibility index (Phi) is 6.17. The van der Waals surface area contributed by atoms with Crippen LogP contribution in [0.5, 0.6) is 5.75 Å². The van der Waals surface area contributed by atoms with Crippen LogP contribution in [0.1, 0.15) is 40.1 Å². The number of amides is 1. The monoisotopic (exact) mass is 340 g/mol. The van der Waals surface area contributed by atoms with Crippen molar-refractivity contribution in [3.8, 4) is 5.75 Å². The molecule has 0 spiro atoms. The summed E-state index contributed by atoms with van der Waals surface area (Å²) < 4.78 is 5.42. The van der Waals surface area contributed by atoms with Gasteiger partial charge < -0.3 is 15.0 Å². The van der Waals surface area contributed by atoms with Gasteiger partial charge in [-0.3, -0.25) is 9.59 Å². The van der Waals surface area contributed by atoms with Gasteiger partial charge in [-0.15, -0.1) is 0 Å². The van der Waals surface area contributed by atoms with Crippen LogP contribution in [-0.4, -0.2) is 32.4 Å². The Bertz CT molecular complexity index is 768. The van der Waals surface area contributed by atoms with Crippen molar-refractivity contribution in [1.29, 1.82) is 0 Å². The van der Waals surface area contributed by atoms with Crippen molar-refractivity contribution in [3.63, 3.8) is 0 Å². The van der Waals surface area contributed by atoms with Gasteiger partial charge in [0, 0.05) is 24.2 Å². The minimum absolute atomic E-state index is 0.248. The number of nitrogens with zero attached hydrogens (tertiary/aromatic N) is 1. The van der Waals surface area contributed by atoms with Gasteiger partial charge >= 0.3 is 0 Å². The summed E-state index contributed by atoms with van der Waals surface area (Å²) >= 11 is 0. The number of nitrogens with one attached hydrogen (secondary N) is 1. The molecule has 2 aromatic carbocycles. The molecule has 5 heteroatoms. The zero-order valence-corrected chi connectivity index (χ0v) is 15.1. The number of carbonyl (C=O) groups excluding carboxylic acids is 2. The number of anilines is 2. The zero-order valence-electron chi connectivity index (χ0n) is 15.1. The van der Waals surface area contributed by atoms with E-state index < -0.39 is 0 Å². The molecule has 2 aromatic rings. The molecule has 0 aliphatic rings. The first-order chi connectivity index (χ1) is 12.0. The molecule has 0 saturated carbocycles. The number of benzene rings is 2. The molecule has 0 aliphatic heterocycles. The SMILES string of the molecule is CCN(CC)c1cc(NC(=O)c2cccc(C)c2)c(C=O)cc1OC. The first kappa shape index (κ1) is 18.5. The Morgan fingerprint density at radius 3 is 2.48 bits per heavy atom. The van der Waals surface area contributed by atoms with Crippen LogP contribution in [0.4, 0.5) is 11.4 Å². The van der Waals surface area contributed by atoms with Gasteiger partial charge in [-0.2, -0.15) is 0 Å². The molecule has 1 amide bonds. The molecule has 0 radical (unpaired) electrons. The third kappa shape index (κ3) is 4.18. The number of aryl methyl sites for hydroxylation is 1. The van der Waals surface area contributed by atoms with Crippen molar-refractivity contribution < 1.29 is 14.3 Å². The van der Waals surface area contributed by atoms with Gasteiger partial charge in [0.1, 0.15) is 5.75 Å². The fraction of sp³-hybridized carbons (Fsp3) is 0.300. The van der Waals surface area contributed by atoms with E-state index in [1.165, 1.54) is 0 Å². The third-order valence-corrected chi connectivity index (χ3v) is 4.11. The van der Waals surface area contributed by atoms with Crippen LogP contribution in [-0.2, 0) is 0 Å². The van der Waals surface area contributed by atoms with Crippen molar-refractivity contribution in [2.45, 2.75) is 20.8 Å². The van der Waals surface area contributed by atoms with Crippen LogP contribution >= 0.6 is 0 Å². The quantitative estimate of drug-likeness (QED) is 0.776. The second-order valence-corrected chi connectivity index (χ2v) is 5.73. The number of hydrogen-bond acceptors (Lipinski definition) is 4. The summed E-state index contributed by atoms with van der Waals surface area (Å²) in [5.74, 6) is 0.363. The molecule has 0 bridgehead atoms. The summed E-state index contributed by atoms with van der Waals surface area (Å²) in [6.07, 6.45) is 0.723. The van der Waals surface area contributed by atoms with E-state index in [1.54, 1.807) is 25.3 Å². The fourth-order valence-electron chi connectivity index (χ4n) is 2.75. The third-order valence-electron chi connectivity index (χ3n) is 4.11. The molecule has 0 heterocycles. The standard InChI is InChI=1S/C20H24N2O3/c1-5-22(6-2)18-12-17(16(13-23)11-19(18)25-4)21-20(24)15-9-7-8-14(3)10-15/h7-13H,5-6H2,1-4H3,(H,21,24). The van der Waals surface area contributed by atoms with Gasteiger partial charge in [-0.25, -0.2) is 0 Å². The predicted molar refractivity (Wildman–Crippen MR) is 101 cm³/mol. The van der Waals surface area contributed by atoms with Crippen molar-refractivity contribution in [3.05, 3.63) is 53.1 Å². The van der Waals surface area contributed by atoms with E-state index in [-0.39, 0.29) is 5.91 Å². The van der Waals surface area contributed by atoms with E-state index in [0.29, 0.717) is 22.6 Å². The van der Waals surface area contributed by atoms with E-state index in [9.17, 15) is 9.59 Å². The molecule has 0 fully saturated rings. The van der Waals surface area contributed by atoms with E-state index >= 15 is 0 Å². The largest absolute Gasteiger partial charge is 0.495 e. The summed E-state index contributed by atoms with van der Waals surface area (Å²) in [7, 11) is 1.57. The summed E-state index contributed by atoms with van der Waals surface area (Å²) in [5.41, 5.74) is 3.26. The van der Waals surface area contributed by atoms with Crippen molar-refractivity contribution in [2.75, 3.05) is 30.4 Å². The second-order valence-electron chi connectivity index (χ2n) is 5.73. The second kappa shape index (κ2) is 8.33. The van der Waals surface area contributed by atoms with Gasteiger partial charge in [0.25, 0.3) is 5.91 Å². The lowest BCUT2D eigenvalue weighted by Gasteiger charge is -2.24. The first-order valence-corrected chi connectivity index (χ1v) is 8.34. The summed E-state index contributed by atoms with van der Waals surface area (Å²) in [6, 6.07) is 10.8. The van der Waals surface area contributed by atoms with Gasteiger partial charge in [0.05, 0.1) is 18.5 Å². The molecule has 132 valence electrons. The topological polar surface area (TPSA) is 58.6 Å². The first-order valence-electron chi connectivity index (χ1n) is 8.34. The highest BCUT2D eigenvalue weighted by atomic mass is 16.5. The lowest BCUT2D eigenvalue weighted by atomic mass is 10.1. The molecule has 0 atom stereocenters. The maximum atomic E-state index is 12.5. The Hall–Kier alpha value is -2.82. The summed E-state index contributed by atoms with van der Waals surface area (Å²) in [6.45, 7) is 7.60. The van der Waals surface area contributed by atoms with Crippen molar-refractivity contribution >= 4 is 23.6 Å². The van der Waals surface area contributed by atoms with Gasteiger partial charge in [-0.1, -0.05) is 17.7 Å². The molecule has 5 nitrogen and oxygen atoms in total. The van der Waals surface area contributed by atoms with Gasteiger partial charge in [0.15, 0.2) is 6.29 Å². The van der Waals surface area contributed by atoms with Crippen LogP contribution in [0.3, 0.4) is 0 Å². The number of carbonyl (C=O) groups is 2. The maximum Gasteiger partial charge on any atom is 0.255 e. The molecule has 0 saturated heterocycles. The number of ether oxygens (including phenoxy) is 1. The van der Waals surface area contributed by atoms with Crippen LogP contribution < -0.4 is 15.0 Å². The minimum atomic E-state index is -0.248. The number of methoxy groups -OCH3 is 1. The van der Waals surface area contributed by atoms with E-state index in [2.05, 4.69) is 10.2 Å². The van der Waals surface area contributed by atoms with Crippen LogP contribution in [0.2, 0.25) is 0 Å². The van der Waals surface area contributed by atoms with Gasteiger partial charge in [0.2, 0.25) is 0 Å². The highest BCUT2D eigenvalue weighted by Crippen LogP contribution is 2.34. The summed E-state index contributed by atoms with van der Waals surface area (Å²) in [5, 5.41) is 2.85. The Balaban J connectivity index is 2.43. The van der Waals surface area contributed by atoms with Crippen LogP contribution in [0, 0.1) is 6.92 Å². The molecular weight excluding hydrogens is 316 g/mol. The molecule has 1 N–H and O–H groups in total.